The highest BCUT2D eigenvalue weighted by Crippen LogP contribution is 2.34. The smallest absolute Gasteiger partial charge is 0.323 e. The van der Waals surface area contributed by atoms with E-state index in [9.17, 15) is 4.79 Å². The zero-order valence-corrected chi connectivity index (χ0v) is 15.4. The van der Waals surface area contributed by atoms with E-state index in [1.807, 2.05) is 59.7 Å². The SMILES string of the molecule is CCOc1ccc([C@H]2c3cccn3CCN2C(=O)Nc2cccs2)cc1. The maximum atomic E-state index is 12.9. The molecule has 0 spiro atoms. The molecule has 5 nitrogen and oxygen atoms in total. The van der Waals surface area contributed by atoms with Crippen LogP contribution in [0.2, 0.25) is 0 Å². The van der Waals surface area contributed by atoms with Crippen molar-refractivity contribution in [2.75, 3.05) is 18.5 Å². The number of anilines is 1. The average Bonchev–Trinajstić information content (AvgIpc) is 3.33. The van der Waals surface area contributed by atoms with Crippen LogP contribution in [0.4, 0.5) is 9.80 Å². The molecule has 0 aliphatic carbocycles. The van der Waals surface area contributed by atoms with Gasteiger partial charge < -0.3 is 14.2 Å². The van der Waals surface area contributed by atoms with Gasteiger partial charge in [0.1, 0.15) is 5.75 Å². The lowest BCUT2D eigenvalue weighted by Crippen LogP contribution is -2.44. The van der Waals surface area contributed by atoms with Crippen molar-refractivity contribution < 1.29 is 9.53 Å². The summed E-state index contributed by atoms with van der Waals surface area (Å²) in [4.78, 5) is 14.8. The van der Waals surface area contributed by atoms with Crippen molar-refractivity contribution in [3.05, 3.63) is 71.4 Å². The van der Waals surface area contributed by atoms with Crippen molar-refractivity contribution in [2.45, 2.75) is 19.5 Å². The number of rotatable bonds is 4. The van der Waals surface area contributed by atoms with Crippen molar-refractivity contribution in [1.82, 2.24) is 9.47 Å². The Morgan fingerprint density at radius 2 is 2.04 bits per heavy atom. The molecule has 4 rings (SSSR count). The molecule has 0 fully saturated rings. The molecule has 1 atom stereocenters. The first kappa shape index (κ1) is 16.7. The number of carbonyl (C=O) groups excluding carboxylic acids is 1. The summed E-state index contributed by atoms with van der Waals surface area (Å²) < 4.78 is 7.77. The van der Waals surface area contributed by atoms with Gasteiger partial charge in [0.25, 0.3) is 0 Å². The molecule has 1 aromatic carbocycles. The van der Waals surface area contributed by atoms with Gasteiger partial charge in [-0.25, -0.2) is 4.79 Å². The Morgan fingerprint density at radius 1 is 1.19 bits per heavy atom. The maximum absolute atomic E-state index is 12.9. The zero-order valence-electron chi connectivity index (χ0n) is 14.6. The monoisotopic (exact) mass is 367 g/mol. The molecule has 0 bridgehead atoms. The molecule has 2 amide bonds. The molecule has 0 saturated heterocycles. The molecule has 6 heteroatoms. The topological polar surface area (TPSA) is 46.5 Å². The Bertz CT molecular complexity index is 871. The Morgan fingerprint density at radius 3 is 2.77 bits per heavy atom. The largest absolute Gasteiger partial charge is 0.494 e. The Labute approximate surface area is 156 Å². The third kappa shape index (κ3) is 3.20. The number of carbonyl (C=O) groups is 1. The van der Waals surface area contributed by atoms with Crippen LogP contribution in [-0.4, -0.2) is 28.6 Å². The summed E-state index contributed by atoms with van der Waals surface area (Å²) in [5.41, 5.74) is 2.20. The second-order valence-corrected chi connectivity index (χ2v) is 7.08. The van der Waals surface area contributed by atoms with Gasteiger partial charge in [-0.2, -0.15) is 0 Å². The second kappa shape index (κ2) is 7.25. The van der Waals surface area contributed by atoms with E-state index in [1.165, 1.54) is 11.3 Å². The van der Waals surface area contributed by atoms with Gasteiger partial charge in [0.2, 0.25) is 0 Å². The minimum atomic E-state index is -0.116. The van der Waals surface area contributed by atoms with Gasteiger partial charge in [0.15, 0.2) is 0 Å². The standard InChI is InChI=1S/C20H21N3O2S/c1-2-25-16-9-7-15(8-10-16)19-17-5-3-11-22(17)12-13-23(19)20(24)21-18-6-4-14-26-18/h3-11,14,19H,2,12-13H2,1H3,(H,21,24)/t19-/m0/s1. The second-order valence-electron chi connectivity index (χ2n) is 6.13. The third-order valence-corrected chi connectivity index (χ3v) is 5.34. The van der Waals surface area contributed by atoms with E-state index in [-0.39, 0.29) is 12.1 Å². The van der Waals surface area contributed by atoms with Crippen LogP contribution in [0.3, 0.4) is 0 Å². The van der Waals surface area contributed by atoms with E-state index in [0.717, 1.165) is 28.6 Å². The van der Waals surface area contributed by atoms with Crippen molar-refractivity contribution >= 4 is 22.4 Å². The first-order valence-corrected chi connectivity index (χ1v) is 9.63. The Kier molecular flexibility index (Phi) is 4.67. The number of thiophene rings is 1. The molecule has 1 aliphatic heterocycles. The molecule has 1 aliphatic rings. The van der Waals surface area contributed by atoms with Gasteiger partial charge in [-0.05, 0) is 54.3 Å². The van der Waals surface area contributed by atoms with Crippen LogP contribution in [0, 0.1) is 0 Å². The van der Waals surface area contributed by atoms with Crippen molar-refractivity contribution in [2.24, 2.45) is 0 Å². The molecule has 134 valence electrons. The minimum absolute atomic E-state index is 0.0706. The normalized spacial score (nSPS) is 16.2. The van der Waals surface area contributed by atoms with Gasteiger partial charge >= 0.3 is 6.03 Å². The Balaban J connectivity index is 1.65. The Hall–Kier alpha value is -2.73. The fourth-order valence-electron chi connectivity index (χ4n) is 3.39. The molecular formula is C20H21N3O2S. The molecule has 1 N–H and O–H groups in total. The summed E-state index contributed by atoms with van der Waals surface area (Å²) >= 11 is 1.53. The van der Waals surface area contributed by atoms with Crippen LogP contribution in [0.5, 0.6) is 5.75 Å². The van der Waals surface area contributed by atoms with Crippen LogP contribution < -0.4 is 10.1 Å². The van der Waals surface area contributed by atoms with Crippen LogP contribution in [-0.2, 0) is 6.54 Å². The van der Waals surface area contributed by atoms with Gasteiger partial charge in [-0.3, -0.25) is 5.32 Å². The van der Waals surface area contributed by atoms with Crippen LogP contribution in [0.15, 0.2) is 60.1 Å². The lowest BCUT2D eigenvalue weighted by Gasteiger charge is -2.37. The van der Waals surface area contributed by atoms with Crippen molar-refractivity contribution in [3.8, 4) is 5.75 Å². The number of nitrogens with one attached hydrogen (secondary N) is 1. The van der Waals surface area contributed by atoms with Crippen molar-refractivity contribution in [1.29, 1.82) is 0 Å². The number of amides is 2. The summed E-state index contributed by atoms with van der Waals surface area (Å²) in [6.07, 6.45) is 2.07. The quantitative estimate of drug-likeness (QED) is 0.733. The van der Waals surface area contributed by atoms with E-state index in [1.54, 1.807) is 0 Å². The molecule has 3 aromatic rings. The number of nitrogens with zero attached hydrogens (tertiary/aromatic N) is 2. The molecule has 0 saturated carbocycles. The highest BCUT2D eigenvalue weighted by molar-refractivity contribution is 7.14. The number of hydrogen-bond acceptors (Lipinski definition) is 3. The van der Waals surface area contributed by atoms with Crippen LogP contribution >= 0.6 is 11.3 Å². The molecule has 0 radical (unpaired) electrons. The van der Waals surface area contributed by atoms with Crippen LogP contribution in [0.1, 0.15) is 24.2 Å². The summed E-state index contributed by atoms with van der Waals surface area (Å²) in [6.45, 7) is 4.07. The number of fused-ring (bicyclic) bond motifs is 1. The first-order chi connectivity index (χ1) is 12.8. The van der Waals surface area contributed by atoms with E-state index >= 15 is 0 Å². The molecule has 2 aromatic heterocycles. The molecule has 3 heterocycles. The third-order valence-electron chi connectivity index (χ3n) is 4.56. The van der Waals surface area contributed by atoms with Gasteiger partial charge in [0.05, 0.1) is 17.6 Å². The summed E-state index contributed by atoms with van der Waals surface area (Å²) in [7, 11) is 0. The number of aromatic nitrogens is 1. The molecule has 26 heavy (non-hydrogen) atoms. The number of benzene rings is 1. The average molecular weight is 367 g/mol. The molecule has 0 unspecified atom stereocenters. The number of urea groups is 1. The lowest BCUT2D eigenvalue weighted by molar-refractivity contribution is 0.182. The highest BCUT2D eigenvalue weighted by atomic mass is 32.1. The summed E-state index contributed by atoms with van der Waals surface area (Å²) in [5, 5.41) is 5.84. The van der Waals surface area contributed by atoms with E-state index in [2.05, 4.69) is 22.1 Å². The summed E-state index contributed by atoms with van der Waals surface area (Å²) in [6, 6.07) is 15.8. The van der Waals surface area contributed by atoms with E-state index in [0.29, 0.717) is 13.2 Å². The summed E-state index contributed by atoms with van der Waals surface area (Å²) in [5.74, 6) is 0.844. The van der Waals surface area contributed by atoms with Gasteiger partial charge in [-0.1, -0.05) is 12.1 Å². The van der Waals surface area contributed by atoms with Gasteiger partial charge in [-0.15, -0.1) is 11.3 Å². The number of ether oxygens (including phenoxy) is 1. The first-order valence-electron chi connectivity index (χ1n) is 8.75. The fraction of sp³-hybridized carbons (Fsp3) is 0.250. The molecular weight excluding hydrogens is 346 g/mol. The predicted octanol–water partition coefficient (Wildman–Crippen LogP) is 4.59. The lowest BCUT2D eigenvalue weighted by atomic mass is 10.00. The fourth-order valence-corrected chi connectivity index (χ4v) is 4.00. The van der Waals surface area contributed by atoms with E-state index < -0.39 is 0 Å². The number of hydrogen-bond donors (Lipinski definition) is 1. The predicted molar refractivity (Wildman–Crippen MR) is 104 cm³/mol. The van der Waals surface area contributed by atoms with E-state index in [4.69, 9.17) is 4.74 Å². The zero-order chi connectivity index (χ0) is 17.9. The van der Waals surface area contributed by atoms with Crippen LogP contribution in [0.25, 0.3) is 0 Å². The van der Waals surface area contributed by atoms with Gasteiger partial charge in [0, 0.05) is 25.0 Å². The minimum Gasteiger partial charge on any atom is -0.494 e. The maximum Gasteiger partial charge on any atom is 0.323 e. The van der Waals surface area contributed by atoms with Crippen molar-refractivity contribution in [3.63, 3.8) is 0 Å². The highest BCUT2D eigenvalue weighted by Gasteiger charge is 2.32.